The number of benzene rings is 2. The van der Waals surface area contributed by atoms with Crippen LogP contribution in [0.4, 0.5) is 0 Å². The fourth-order valence-corrected chi connectivity index (χ4v) is 4.96. The van der Waals surface area contributed by atoms with E-state index >= 15 is 0 Å². The van der Waals surface area contributed by atoms with Crippen molar-refractivity contribution in [1.29, 1.82) is 0 Å². The maximum atomic E-state index is 12.5. The summed E-state index contributed by atoms with van der Waals surface area (Å²) in [4.78, 5) is 19.7. The van der Waals surface area contributed by atoms with Crippen molar-refractivity contribution in [2.45, 2.75) is 13.3 Å². The van der Waals surface area contributed by atoms with Gasteiger partial charge in [-0.05, 0) is 58.5 Å². The number of amidine groups is 1. The summed E-state index contributed by atoms with van der Waals surface area (Å²) in [6.07, 6.45) is 0.957. The fraction of sp³-hybridized carbons (Fsp3) is 0.273. The molecule has 1 aliphatic carbocycles. The predicted octanol–water partition coefficient (Wildman–Crippen LogP) is 3.95. The molecule has 0 atom stereocenters. The van der Waals surface area contributed by atoms with Crippen LogP contribution in [0.5, 0.6) is 0 Å². The second kappa shape index (κ2) is 6.66. The normalized spacial score (nSPS) is 20.4. The zero-order valence-electron chi connectivity index (χ0n) is 15.2. The van der Waals surface area contributed by atoms with Crippen LogP contribution >= 0.6 is 11.8 Å². The summed E-state index contributed by atoms with van der Waals surface area (Å²) >= 11 is 1.50. The lowest BCUT2D eigenvalue weighted by molar-refractivity contribution is -0.113. The Morgan fingerprint density at radius 3 is 2.70 bits per heavy atom. The number of ether oxygens (including phenoxy) is 1. The molecule has 0 aromatic heterocycles. The van der Waals surface area contributed by atoms with Crippen LogP contribution in [-0.4, -0.2) is 42.3 Å². The van der Waals surface area contributed by atoms with Crippen molar-refractivity contribution in [1.82, 2.24) is 4.90 Å². The van der Waals surface area contributed by atoms with Gasteiger partial charge in [0.15, 0.2) is 5.17 Å². The van der Waals surface area contributed by atoms with Crippen molar-refractivity contribution in [3.63, 3.8) is 0 Å². The lowest BCUT2D eigenvalue weighted by atomic mass is 9.99. The van der Waals surface area contributed by atoms with E-state index in [2.05, 4.69) is 52.4 Å². The molecule has 136 valence electrons. The average Bonchev–Trinajstić information content (AvgIpc) is 3.28. The predicted molar refractivity (Wildman–Crippen MR) is 110 cm³/mol. The van der Waals surface area contributed by atoms with Crippen molar-refractivity contribution in [3.05, 3.63) is 64.1 Å². The van der Waals surface area contributed by atoms with E-state index in [0.717, 1.165) is 40.7 Å². The summed E-state index contributed by atoms with van der Waals surface area (Å²) in [5, 5.41) is 0.811. The highest BCUT2D eigenvalue weighted by molar-refractivity contribution is 8.18. The Hall–Kier alpha value is -2.37. The van der Waals surface area contributed by atoms with E-state index in [1.807, 2.05) is 6.92 Å². The number of carbonyl (C=O) groups is 1. The molecule has 2 aliphatic heterocycles. The summed E-state index contributed by atoms with van der Waals surface area (Å²) in [6.45, 7) is 5.00. The molecule has 2 aromatic carbocycles. The van der Waals surface area contributed by atoms with Crippen molar-refractivity contribution in [2.24, 2.45) is 4.99 Å². The zero-order valence-corrected chi connectivity index (χ0v) is 16.0. The highest BCUT2D eigenvalue weighted by Crippen LogP contribution is 2.40. The van der Waals surface area contributed by atoms with E-state index in [1.54, 1.807) is 0 Å². The van der Waals surface area contributed by atoms with Gasteiger partial charge in [0.25, 0.3) is 5.91 Å². The first-order chi connectivity index (χ1) is 13.2. The van der Waals surface area contributed by atoms with Gasteiger partial charge in [0.2, 0.25) is 0 Å². The number of carbonyl (C=O) groups excluding carboxylic acids is 1. The fourth-order valence-electron chi connectivity index (χ4n) is 3.93. The minimum atomic E-state index is -0.122. The molecule has 1 fully saturated rings. The van der Waals surface area contributed by atoms with E-state index in [9.17, 15) is 4.79 Å². The maximum Gasteiger partial charge on any atom is 0.286 e. The SMILES string of the molecule is C/C(=C1\SC(N2CCOCC2)=NC1=O)c1ccc2c(c1)Cc1ccccc1-2. The van der Waals surface area contributed by atoms with Gasteiger partial charge >= 0.3 is 0 Å². The van der Waals surface area contributed by atoms with Crippen LogP contribution in [0.2, 0.25) is 0 Å². The number of morpholine rings is 1. The molecule has 0 N–H and O–H groups in total. The number of hydrogen-bond acceptors (Lipinski definition) is 4. The van der Waals surface area contributed by atoms with Gasteiger partial charge in [-0.15, -0.1) is 0 Å². The number of hydrogen-bond donors (Lipinski definition) is 0. The Kier molecular flexibility index (Phi) is 4.14. The van der Waals surface area contributed by atoms with Crippen molar-refractivity contribution < 1.29 is 9.53 Å². The Morgan fingerprint density at radius 2 is 1.85 bits per heavy atom. The molecule has 3 aliphatic rings. The number of nitrogens with zero attached hydrogens (tertiary/aromatic N) is 2. The van der Waals surface area contributed by atoms with E-state index in [0.29, 0.717) is 13.2 Å². The monoisotopic (exact) mass is 376 g/mol. The third-order valence-electron chi connectivity index (χ3n) is 5.43. The van der Waals surface area contributed by atoms with Gasteiger partial charge in [0.05, 0.1) is 18.1 Å². The number of allylic oxidation sites excluding steroid dienone is 1. The third-order valence-corrected chi connectivity index (χ3v) is 6.65. The quantitative estimate of drug-likeness (QED) is 0.603. The minimum Gasteiger partial charge on any atom is -0.378 e. The van der Waals surface area contributed by atoms with Crippen molar-refractivity contribution in [2.75, 3.05) is 26.3 Å². The summed E-state index contributed by atoms with van der Waals surface area (Å²) in [6, 6.07) is 15.1. The van der Waals surface area contributed by atoms with Crippen LogP contribution in [0.1, 0.15) is 23.6 Å². The Bertz CT molecular complexity index is 1000. The van der Waals surface area contributed by atoms with Crippen molar-refractivity contribution >= 4 is 28.4 Å². The first kappa shape index (κ1) is 16.8. The Morgan fingerprint density at radius 1 is 1.07 bits per heavy atom. The first-order valence-corrected chi connectivity index (χ1v) is 10.1. The summed E-state index contributed by atoms with van der Waals surface area (Å²) in [7, 11) is 0. The molecule has 27 heavy (non-hydrogen) atoms. The van der Waals surface area contributed by atoms with Gasteiger partial charge in [-0.25, -0.2) is 0 Å². The molecule has 2 aromatic rings. The molecule has 5 heteroatoms. The van der Waals surface area contributed by atoms with Gasteiger partial charge in [0, 0.05) is 13.1 Å². The van der Waals surface area contributed by atoms with Gasteiger partial charge in [-0.3, -0.25) is 4.79 Å². The molecule has 4 nitrogen and oxygen atoms in total. The molecule has 0 radical (unpaired) electrons. The topological polar surface area (TPSA) is 41.9 Å². The largest absolute Gasteiger partial charge is 0.378 e. The van der Waals surface area contributed by atoms with Gasteiger partial charge < -0.3 is 9.64 Å². The van der Waals surface area contributed by atoms with E-state index in [4.69, 9.17) is 4.74 Å². The summed E-state index contributed by atoms with van der Waals surface area (Å²) in [5.74, 6) is -0.122. The number of fused-ring (bicyclic) bond motifs is 3. The molecular formula is C22H20N2O2S. The lowest BCUT2D eigenvalue weighted by Crippen LogP contribution is -2.38. The molecule has 0 saturated carbocycles. The minimum absolute atomic E-state index is 0.122. The van der Waals surface area contributed by atoms with Crippen LogP contribution in [0.3, 0.4) is 0 Å². The summed E-state index contributed by atoms with van der Waals surface area (Å²) < 4.78 is 5.40. The van der Waals surface area contributed by atoms with Crippen LogP contribution in [-0.2, 0) is 16.0 Å². The molecule has 5 rings (SSSR count). The number of amides is 1. The van der Waals surface area contributed by atoms with Crippen LogP contribution in [0.15, 0.2) is 52.4 Å². The van der Waals surface area contributed by atoms with E-state index in [-0.39, 0.29) is 5.91 Å². The molecule has 1 amide bonds. The number of aliphatic imine (C=N–C) groups is 1. The summed E-state index contributed by atoms with van der Waals surface area (Å²) in [5.41, 5.74) is 7.46. The zero-order chi connectivity index (χ0) is 18.4. The third kappa shape index (κ3) is 2.91. The van der Waals surface area contributed by atoms with Gasteiger partial charge in [0.1, 0.15) is 0 Å². The van der Waals surface area contributed by atoms with Crippen LogP contribution in [0.25, 0.3) is 16.7 Å². The van der Waals surface area contributed by atoms with Crippen molar-refractivity contribution in [3.8, 4) is 11.1 Å². The molecular weight excluding hydrogens is 356 g/mol. The lowest BCUT2D eigenvalue weighted by Gasteiger charge is -2.27. The molecule has 1 saturated heterocycles. The Balaban J connectivity index is 1.44. The average molecular weight is 376 g/mol. The molecule has 0 unspecified atom stereocenters. The molecule has 0 bridgehead atoms. The van der Waals surface area contributed by atoms with E-state index < -0.39 is 0 Å². The smallest absolute Gasteiger partial charge is 0.286 e. The molecule has 0 spiro atoms. The second-order valence-corrected chi connectivity index (χ2v) is 8.04. The van der Waals surface area contributed by atoms with Gasteiger partial charge in [-0.1, -0.05) is 42.5 Å². The highest BCUT2D eigenvalue weighted by Gasteiger charge is 2.29. The first-order valence-electron chi connectivity index (χ1n) is 9.27. The number of thioether (sulfide) groups is 1. The molecule has 2 heterocycles. The van der Waals surface area contributed by atoms with Crippen LogP contribution < -0.4 is 0 Å². The van der Waals surface area contributed by atoms with Gasteiger partial charge in [-0.2, -0.15) is 4.99 Å². The second-order valence-electron chi connectivity index (χ2n) is 7.06. The van der Waals surface area contributed by atoms with E-state index in [1.165, 1.54) is 34.0 Å². The Labute approximate surface area is 162 Å². The van der Waals surface area contributed by atoms with Crippen LogP contribution in [0, 0.1) is 0 Å². The maximum absolute atomic E-state index is 12.5. The standard InChI is InChI=1S/C22H20N2O2S/c1-14(20-21(25)23-22(27-20)24-8-10-26-11-9-24)15-6-7-19-17(12-15)13-16-4-2-3-5-18(16)19/h2-7,12H,8-11,13H2,1H3/b20-14+. The highest BCUT2D eigenvalue weighted by atomic mass is 32.2. The number of rotatable bonds is 1.